The highest BCUT2D eigenvalue weighted by Gasteiger charge is 2.30. The van der Waals surface area contributed by atoms with Gasteiger partial charge >= 0.3 is 0 Å². The fourth-order valence-corrected chi connectivity index (χ4v) is 2.45. The molecule has 0 saturated carbocycles. The smallest absolute Gasteiger partial charge is 0.242 e. The van der Waals surface area contributed by atoms with Gasteiger partial charge in [0.25, 0.3) is 0 Å². The molecule has 1 aromatic heterocycles. The minimum absolute atomic E-state index is 0.0787. The zero-order valence-electron chi connectivity index (χ0n) is 10.9. The van der Waals surface area contributed by atoms with Crippen LogP contribution >= 0.6 is 0 Å². The van der Waals surface area contributed by atoms with E-state index >= 15 is 0 Å². The summed E-state index contributed by atoms with van der Waals surface area (Å²) in [6.45, 7) is 5.94. The van der Waals surface area contributed by atoms with Crippen LogP contribution in [0.15, 0.2) is 12.3 Å². The Morgan fingerprint density at radius 2 is 2.39 bits per heavy atom. The standard InChI is InChI=1S/C13H20N4O/c1-3-11-13(18)16-6-7-17(11)12-10(8-14)9(2)4-5-15-12/h4-5,11H,3,6-8,14H2,1-2H3,(H,16,18). The molecule has 0 aromatic carbocycles. The lowest BCUT2D eigenvalue weighted by atomic mass is 10.1. The van der Waals surface area contributed by atoms with Crippen molar-refractivity contribution in [2.24, 2.45) is 5.73 Å². The third kappa shape index (κ3) is 2.18. The number of carbonyl (C=O) groups is 1. The van der Waals surface area contributed by atoms with E-state index in [4.69, 9.17) is 5.73 Å². The number of aromatic nitrogens is 1. The third-order valence-corrected chi connectivity index (χ3v) is 3.46. The summed E-state index contributed by atoms with van der Waals surface area (Å²) in [7, 11) is 0. The Balaban J connectivity index is 2.40. The van der Waals surface area contributed by atoms with Gasteiger partial charge < -0.3 is 16.0 Å². The van der Waals surface area contributed by atoms with Crippen LogP contribution in [0.1, 0.15) is 24.5 Å². The Morgan fingerprint density at radius 1 is 1.61 bits per heavy atom. The largest absolute Gasteiger partial charge is 0.353 e. The lowest BCUT2D eigenvalue weighted by molar-refractivity contribution is -0.123. The highest BCUT2D eigenvalue weighted by atomic mass is 16.2. The van der Waals surface area contributed by atoms with E-state index in [2.05, 4.69) is 15.2 Å². The number of pyridine rings is 1. The van der Waals surface area contributed by atoms with Crippen LogP contribution in [0.3, 0.4) is 0 Å². The SMILES string of the molecule is CCC1C(=O)NCCN1c1nccc(C)c1CN. The van der Waals surface area contributed by atoms with E-state index in [1.165, 1.54) is 0 Å². The predicted molar refractivity (Wildman–Crippen MR) is 71.3 cm³/mol. The van der Waals surface area contributed by atoms with Gasteiger partial charge in [0.1, 0.15) is 11.9 Å². The second kappa shape index (κ2) is 5.35. The maximum absolute atomic E-state index is 11.9. The van der Waals surface area contributed by atoms with Crippen molar-refractivity contribution in [3.63, 3.8) is 0 Å². The average molecular weight is 248 g/mol. The number of carbonyl (C=O) groups excluding carboxylic acids is 1. The normalized spacial score (nSPS) is 19.8. The lowest BCUT2D eigenvalue weighted by Gasteiger charge is -2.36. The second-order valence-electron chi connectivity index (χ2n) is 4.54. The molecule has 3 N–H and O–H groups in total. The first-order valence-corrected chi connectivity index (χ1v) is 6.38. The van der Waals surface area contributed by atoms with Crippen molar-refractivity contribution in [2.75, 3.05) is 18.0 Å². The van der Waals surface area contributed by atoms with E-state index in [0.717, 1.165) is 29.9 Å². The molecule has 1 aliphatic heterocycles. The van der Waals surface area contributed by atoms with Gasteiger partial charge in [0.15, 0.2) is 0 Å². The molecular formula is C13H20N4O. The molecule has 2 rings (SSSR count). The van der Waals surface area contributed by atoms with Gasteiger partial charge in [-0.3, -0.25) is 4.79 Å². The third-order valence-electron chi connectivity index (χ3n) is 3.46. The van der Waals surface area contributed by atoms with Crippen LogP contribution in [0.25, 0.3) is 0 Å². The van der Waals surface area contributed by atoms with Crippen LogP contribution < -0.4 is 16.0 Å². The molecule has 1 atom stereocenters. The molecule has 1 aromatic rings. The number of anilines is 1. The molecule has 2 heterocycles. The van der Waals surface area contributed by atoms with Crippen LogP contribution in [0, 0.1) is 6.92 Å². The van der Waals surface area contributed by atoms with E-state index in [0.29, 0.717) is 13.1 Å². The molecule has 1 unspecified atom stereocenters. The first-order chi connectivity index (χ1) is 8.69. The number of nitrogens with one attached hydrogen (secondary N) is 1. The van der Waals surface area contributed by atoms with Crippen molar-refractivity contribution >= 4 is 11.7 Å². The topological polar surface area (TPSA) is 71.2 Å². The predicted octanol–water partition coefficient (Wildman–Crippen LogP) is 0.564. The van der Waals surface area contributed by atoms with Gasteiger partial charge in [0, 0.05) is 31.4 Å². The van der Waals surface area contributed by atoms with Crippen molar-refractivity contribution < 1.29 is 4.79 Å². The number of hydrogen-bond donors (Lipinski definition) is 2. The Bertz CT molecular complexity index is 447. The maximum atomic E-state index is 11.9. The Kier molecular flexibility index (Phi) is 3.81. The maximum Gasteiger partial charge on any atom is 0.242 e. The molecule has 0 bridgehead atoms. The molecule has 5 nitrogen and oxygen atoms in total. The minimum atomic E-state index is -0.140. The molecule has 0 radical (unpaired) electrons. The van der Waals surface area contributed by atoms with E-state index in [9.17, 15) is 4.79 Å². The number of nitrogens with two attached hydrogens (primary N) is 1. The van der Waals surface area contributed by atoms with Crippen molar-refractivity contribution in [3.8, 4) is 0 Å². The molecule has 1 saturated heterocycles. The number of amides is 1. The minimum Gasteiger partial charge on any atom is -0.353 e. The summed E-state index contributed by atoms with van der Waals surface area (Å²) >= 11 is 0. The van der Waals surface area contributed by atoms with Crippen molar-refractivity contribution in [3.05, 3.63) is 23.4 Å². The monoisotopic (exact) mass is 248 g/mol. The van der Waals surface area contributed by atoms with Crippen LogP contribution in [0.2, 0.25) is 0 Å². The quantitative estimate of drug-likeness (QED) is 0.820. The summed E-state index contributed by atoms with van der Waals surface area (Å²) < 4.78 is 0. The highest BCUT2D eigenvalue weighted by molar-refractivity contribution is 5.86. The number of aryl methyl sites for hydroxylation is 1. The van der Waals surface area contributed by atoms with Crippen LogP contribution in [-0.4, -0.2) is 30.0 Å². The Morgan fingerprint density at radius 3 is 3.06 bits per heavy atom. The summed E-state index contributed by atoms with van der Waals surface area (Å²) in [6, 6.07) is 1.81. The zero-order valence-corrected chi connectivity index (χ0v) is 10.9. The molecular weight excluding hydrogens is 228 g/mol. The Hall–Kier alpha value is -1.62. The van der Waals surface area contributed by atoms with Crippen molar-refractivity contribution in [2.45, 2.75) is 32.9 Å². The summed E-state index contributed by atoms with van der Waals surface area (Å²) in [5.74, 6) is 0.939. The van der Waals surface area contributed by atoms with Gasteiger partial charge in [-0.05, 0) is 25.0 Å². The molecule has 1 fully saturated rings. The van der Waals surface area contributed by atoms with Crippen molar-refractivity contribution in [1.82, 2.24) is 10.3 Å². The first kappa shape index (κ1) is 12.8. The Labute approximate surface area is 107 Å². The van der Waals surface area contributed by atoms with Crippen LogP contribution in [0.4, 0.5) is 5.82 Å². The van der Waals surface area contributed by atoms with E-state index in [1.54, 1.807) is 6.20 Å². The van der Waals surface area contributed by atoms with E-state index in [-0.39, 0.29) is 11.9 Å². The fraction of sp³-hybridized carbons (Fsp3) is 0.538. The molecule has 1 aliphatic rings. The molecule has 0 spiro atoms. The van der Waals surface area contributed by atoms with E-state index in [1.807, 2.05) is 19.9 Å². The molecule has 1 amide bonds. The summed E-state index contributed by atoms with van der Waals surface area (Å²) in [6.07, 6.45) is 2.55. The van der Waals surface area contributed by atoms with Crippen LogP contribution in [-0.2, 0) is 11.3 Å². The number of rotatable bonds is 3. The summed E-state index contributed by atoms with van der Waals surface area (Å²) in [5, 5.41) is 2.90. The van der Waals surface area contributed by atoms with Gasteiger partial charge in [-0.2, -0.15) is 0 Å². The van der Waals surface area contributed by atoms with Gasteiger partial charge in [-0.15, -0.1) is 0 Å². The molecule has 0 aliphatic carbocycles. The van der Waals surface area contributed by atoms with E-state index < -0.39 is 0 Å². The number of piperazine rings is 1. The fourth-order valence-electron chi connectivity index (χ4n) is 2.45. The number of hydrogen-bond acceptors (Lipinski definition) is 4. The van der Waals surface area contributed by atoms with Gasteiger partial charge in [-0.1, -0.05) is 6.92 Å². The first-order valence-electron chi connectivity index (χ1n) is 6.38. The van der Waals surface area contributed by atoms with Gasteiger partial charge in [0.2, 0.25) is 5.91 Å². The summed E-state index contributed by atoms with van der Waals surface area (Å²) in [5.41, 5.74) is 7.97. The molecule has 18 heavy (non-hydrogen) atoms. The second-order valence-corrected chi connectivity index (χ2v) is 4.54. The molecule has 5 heteroatoms. The zero-order chi connectivity index (χ0) is 13.1. The molecule has 98 valence electrons. The number of nitrogens with zero attached hydrogens (tertiary/aromatic N) is 2. The lowest BCUT2D eigenvalue weighted by Crippen LogP contribution is -2.55. The summed E-state index contributed by atoms with van der Waals surface area (Å²) in [4.78, 5) is 18.4. The van der Waals surface area contributed by atoms with Gasteiger partial charge in [0.05, 0.1) is 0 Å². The van der Waals surface area contributed by atoms with Crippen LogP contribution in [0.5, 0.6) is 0 Å². The van der Waals surface area contributed by atoms with Crippen molar-refractivity contribution in [1.29, 1.82) is 0 Å². The average Bonchev–Trinajstić information content (AvgIpc) is 2.38. The van der Waals surface area contributed by atoms with Gasteiger partial charge in [-0.25, -0.2) is 4.98 Å². The highest BCUT2D eigenvalue weighted by Crippen LogP contribution is 2.24.